The summed E-state index contributed by atoms with van der Waals surface area (Å²) in [6.45, 7) is 0. The van der Waals surface area contributed by atoms with E-state index in [-0.39, 0.29) is 22.4 Å². The van der Waals surface area contributed by atoms with Crippen molar-refractivity contribution in [3.63, 3.8) is 0 Å². The number of hydrogen-bond donors (Lipinski definition) is 1. The SMILES string of the molecule is Cn1ncc(N[C@@H]2C[C@H]2c2ccc(F)cc2)c(Cl)c1=O. The molecule has 1 aliphatic rings. The molecule has 0 saturated heterocycles. The third-order valence-corrected chi connectivity index (χ3v) is 3.87. The van der Waals surface area contributed by atoms with Crippen molar-refractivity contribution >= 4 is 17.3 Å². The number of aryl methyl sites for hydroxylation is 1. The molecule has 0 bridgehead atoms. The zero-order valence-electron chi connectivity index (χ0n) is 10.8. The molecule has 3 rings (SSSR count). The third-order valence-electron chi connectivity index (χ3n) is 3.51. The summed E-state index contributed by atoms with van der Waals surface area (Å²) in [4.78, 5) is 11.7. The molecule has 1 aromatic carbocycles. The van der Waals surface area contributed by atoms with Gasteiger partial charge >= 0.3 is 0 Å². The zero-order chi connectivity index (χ0) is 14.3. The van der Waals surface area contributed by atoms with Crippen LogP contribution in [0.15, 0.2) is 35.3 Å². The first-order valence-electron chi connectivity index (χ1n) is 6.30. The van der Waals surface area contributed by atoms with Gasteiger partial charge in [0.25, 0.3) is 5.56 Å². The highest BCUT2D eigenvalue weighted by atomic mass is 35.5. The van der Waals surface area contributed by atoms with E-state index in [9.17, 15) is 9.18 Å². The molecular formula is C14H13ClFN3O. The van der Waals surface area contributed by atoms with Gasteiger partial charge in [0.05, 0.1) is 11.9 Å². The zero-order valence-corrected chi connectivity index (χ0v) is 11.6. The van der Waals surface area contributed by atoms with Crippen LogP contribution in [0.25, 0.3) is 0 Å². The van der Waals surface area contributed by atoms with Crippen LogP contribution in [-0.4, -0.2) is 15.8 Å². The van der Waals surface area contributed by atoms with E-state index in [1.165, 1.54) is 16.8 Å². The molecule has 1 N–H and O–H groups in total. The van der Waals surface area contributed by atoms with Gasteiger partial charge in [-0.15, -0.1) is 0 Å². The van der Waals surface area contributed by atoms with E-state index in [1.807, 2.05) is 0 Å². The van der Waals surface area contributed by atoms with Gasteiger partial charge in [0.2, 0.25) is 0 Å². The lowest BCUT2D eigenvalue weighted by atomic mass is 10.1. The highest BCUT2D eigenvalue weighted by Gasteiger charge is 2.38. The topological polar surface area (TPSA) is 46.9 Å². The van der Waals surface area contributed by atoms with Crippen molar-refractivity contribution in [2.24, 2.45) is 7.05 Å². The van der Waals surface area contributed by atoms with E-state index in [0.29, 0.717) is 11.6 Å². The highest BCUT2D eigenvalue weighted by Crippen LogP contribution is 2.43. The molecule has 1 aliphatic carbocycles. The van der Waals surface area contributed by atoms with Crippen LogP contribution >= 0.6 is 11.6 Å². The smallest absolute Gasteiger partial charge is 0.287 e. The van der Waals surface area contributed by atoms with E-state index in [2.05, 4.69) is 10.4 Å². The van der Waals surface area contributed by atoms with Crippen LogP contribution < -0.4 is 10.9 Å². The lowest BCUT2D eigenvalue weighted by molar-refractivity contribution is 0.627. The Morgan fingerprint density at radius 2 is 2.10 bits per heavy atom. The van der Waals surface area contributed by atoms with Crippen LogP contribution in [0.5, 0.6) is 0 Å². The van der Waals surface area contributed by atoms with Gasteiger partial charge in [-0.05, 0) is 24.1 Å². The summed E-state index contributed by atoms with van der Waals surface area (Å²) in [5.41, 5.74) is 1.30. The van der Waals surface area contributed by atoms with E-state index in [1.54, 1.807) is 25.4 Å². The van der Waals surface area contributed by atoms with Gasteiger partial charge < -0.3 is 5.32 Å². The van der Waals surface area contributed by atoms with E-state index in [4.69, 9.17) is 11.6 Å². The lowest BCUT2D eigenvalue weighted by Crippen LogP contribution is -2.21. The van der Waals surface area contributed by atoms with Crippen LogP contribution in [0.4, 0.5) is 10.1 Å². The molecule has 1 saturated carbocycles. The number of anilines is 1. The maximum absolute atomic E-state index is 12.9. The maximum Gasteiger partial charge on any atom is 0.287 e. The maximum atomic E-state index is 12.9. The van der Waals surface area contributed by atoms with Gasteiger partial charge in [0.15, 0.2) is 0 Å². The molecule has 6 heteroatoms. The molecule has 20 heavy (non-hydrogen) atoms. The van der Waals surface area contributed by atoms with Crippen LogP contribution in [0.1, 0.15) is 17.9 Å². The first-order valence-corrected chi connectivity index (χ1v) is 6.68. The van der Waals surface area contributed by atoms with Crippen molar-refractivity contribution in [1.82, 2.24) is 9.78 Å². The second-order valence-corrected chi connectivity index (χ2v) is 5.32. The monoisotopic (exact) mass is 293 g/mol. The number of nitrogens with one attached hydrogen (secondary N) is 1. The first-order chi connectivity index (χ1) is 9.56. The standard InChI is InChI=1S/C14H13ClFN3O/c1-19-14(20)13(15)12(7-17-19)18-11-6-10(11)8-2-4-9(16)5-3-8/h2-5,7,10-11,18H,6H2,1H3/t10-,11+/m0/s1. The molecule has 1 heterocycles. The Balaban J connectivity index is 1.74. The van der Waals surface area contributed by atoms with Crippen molar-refractivity contribution in [3.05, 3.63) is 57.2 Å². The van der Waals surface area contributed by atoms with Gasteiger partial charge in [-0.1, -0.05) is 23.7 Å². The molecule has 2 atom stereocenters. The van der Waals surface area contributed by atoms with Crippen LogP contribution in [0.2, 0.25) is 5.02 Å². The molecule has 0 unspecified atom stereocenters. The van der Waals surface area contributed by atoms with E-state index < -0.39 is 0 Å². The average Bonchev–Trinajstić information content (AvgIpc) is 3.20. The molecular weight excluding hydrogens is 281 g/mol. The summed E-state index contributed by atoms with van der Waals surface area (Å²) in [5.74, 6) is 0.0773. The average molecular weight is 294 g/mol. The molecule has 0 spiro atoms. The van der Waals surface area contributed by atoms with Gasteiger partial charge in [-0.3, -0.25) is 4.79 Å². The number of hydrogen-bond acceptors (Lipinski definition) is 3. The van der Waals surface area contributed by atoms with Gasteiger partial charge in [0.1, 0.15) is 10.8 Å². The fourth-order valence-corrected chi connectivity index (χ4v) is 2.47. The van der Waals surface area contributed by atoms with Crippen LogP contribution in [0, 0.1) is 5.82 Å². The Labute approximate surface area is 120 Å². The summed E-state index contributed by atoms with van der Waals surface area (Å²) in [6.07, 6.45) is 2.47. The van der Waals surface area contributed by atoms with Crippen molar-refractivity contribution < 1.29 is 4.39 Å². The molecule has 0 radical (unpaired) electrons. The number of nitrogens with zero attached hydrogens (tertiary/aromatic N) is 2. The highest BCUT2D eigenvalue weighted by molar-refractivity contribution is 6.32. The predicted molar refractivity (Wildman–Crippen MR) is 75.7 cm³/mol. The van der Waals surface area contributed by atoms with Crippen LogP contribution in [-0.2, 0) is 7.05 Å². The molecule has 4 nitrogen and oxygen atoms in total. The summed E-state index contributed by atoms with van der Waals surface area (Å²) >= 11 is 6.00. The summed E-state index contributed by atoms with van der Waals surface area (Å²) < 4.78 is 14.1. The molecule has 0 amide bonds. The fourth-order valence-electron chi connectivity index (χ4n) is 2.24. The Bertz CT molecular complexity index is 699. The quantitative estimate of drug-likeness (QED) is 0.946. The summed E-state index contributed by atoms with van der Waals surface area (Å²) in [7, 11) is 1.55. The number of aromatic nitrogens is 2. The predicted octanol–water partition coefficient (Wildman–Crippen LogP) is 2.54. The number of benzene rings is 1. The van der Waals surface area contributed by atoms with Gasteiger partial charge in [0, 0.05) is 19.0 Å². The van der Waals surface area contributed by atoms with Crippen LogP contribution in [0.3, 0.4) is 0 Å². The van der Waals surface area contributed by atoms with Crippen molar-refractivity contribution in [2.75, 3.05) is 5.32 Å². The number of rotatable bonds is 3. The second kappa shape index (κ2) is 4.90. The number of halogens is 2. The van der Waals surface area contributed by atoms with Crippen molar-refractivity contribution in [3.8, 4) is 0 Å². The third kappa shape index (κ3) is 2.41. The minimum Gasteiger partial charge on any atom is -0.379 e. The van der Waals surface area contributed by atoms with Gasteiger partial charge in [-0.25, -0.2) is 9.07 Å². The Morgan fingerprint density at radius 1 is 1.40 bits per heavy atom. The Morgan fingerprint density at radius 3 is 2.80 bits per heavy atom. The van der Waals surface area contributed by atoms with Crippen molar-refractivity contribution in [1.29, 1.82) is 0 Å². The molecule has 104 valence electrons. The summed E-state index contributed by atoms with van der Waals surface area (Å²) in [6, 6.07) is 6.68. The second-order valence-electron chi connectivity index (χ2n) is 4.95. The largest absolute Gasteiger partial charge is 0.379 e. The normalized spacial score (nSPS) is 20.8. The molecule has 1 fully saturated rings. The van der Waals surface area contributed by atoms with E-state index >= 15 is 0 Å². The summed E-state index contributed by atoms with van der Waals surface area (Å²) in [5, 5.41) is 7.30. The lowest BCUT2D eigenvalue weighted by Gasteiger charge is -2.08. The Hall–Kier alpha value is -1.88. The molecule has 2 aromatic rings. The Kier molecular flexibility index (Phi) is 3.22. The van der Waals surface area contributed by atoms with Crippen molar-refractivity contribution in [2.45, 2.75) is 18.4 Å². The van der Waals surface area contributed by atoms with E-state index in [0.717, 1.165) is 12.0 Å². The fraction of sp³-hybridized carbons (Fsp3) is 0.286. The minimum absolute atomic E-state index is 0.146. The first kappa shape index (κ1) is 13.1. The van der Waals surface area contributed by atoms with Gasteiger partial charge in [-0.2, -0.15) is 5.10 Å². The molecule has 1 aromatic heterocycles. The minimum atomic E-state index is -0.323. The molecule has 0 aliphatic heterocycles.